The molecule has 1 atom stereocenters. The predicted molar refractivity (Wildman–Crippen MR) is 102 cm³/mol. The minimum absolute atomic E-state index is 0. The molecule has 0 N–H and O–H groups in total. The number of nitrogens with zero attached hydrogens (tertiary/aromatic N) is 2. The van der Waals surface area contributed by atoms with Gasteiger partial charge in [0.1, 0.15) is 22.3 Å². The molecule has 160 valence electrons. The summed E-state index contributed by atoms with van der Waals surface area (Å²) in [5.41, 5.74) is -0.890. The Balaban J connectivity index is 0.00000320. The van der Waals surface area contributed by atoms with Crippen molar-refractivity contribution in [3.63, 3.8) is 0 Å². The molecule has 0 radical (unpaired) electrons. The van der Waals surface area contributed by atoms with Crippen molar-refractivity contribution in [1.82, 2.24) is 9.80 Å². The maximum Gasteiger partial charge on any atom is 1.00 e. The van der Waals surface area contributed by atoms with Gasteiger partial charge in [-0.2, -0.15) is 0 Å². The fourth-order valence-corrected chi connectivity index (χ4v) is 4.96. The summed E-state index contributed by atoms with van der Waals surface area (Å²) in [6.45, 7) is 5.09. The van der Waals surface area contributed by atoms with E-state index in [4.69, 9.17) is 9.47 Å². The van der Waals surface area contributed by atoms with Gasteiger partial charge in [0.2, 0.25) is 0 Å². The zero-order valence-corrected chi connectivity index (χ0v) is 20.5. The molecule has 0 aliphatic carbocycles. The SMILES string of the molecule is CC(C)(C)OC(=O)N1CC2(CN(C(=O)OCc3ccccc3)CC2S(=O)(=O)[O-])C1.[Na+]. The topological polar surface area (TPSA) is 116 Å². The first-order valence-corrected chi connectivity index (χ1v) is 10.8. The molecule has 0 saturated carbocycles. The van der Waals surface area contributed by atoms with Gasteiger partial charge in [-0.05, 0) is 26.3 Å². The standard InChI is InChI=1S/C19H26N2O7S.Na/c1-18(2,3)28-17(23)21-12-19(13-21)11-20(9-15(19)29(24,25)26)16(22)27-10-14-7-5-4-6-8-14;/h4-8,15H,9-13H2,1-3H3,(H,24,25,26);/q;+1/p-1. The van der Waals surface area contributed by atoms with Gasteiger partial charge in [0.15, 0.2) is 0 Å². The maximum atomic E-state index is 12.4. The van der Waals surface area contributed by atoms with E-state index in [0.29, 0.717) is 0 Å². The molecule has 2 amide bonds. The molecule has 2 aliphatic rings. The summed E-state index contributed by atoms with van der Waals surface area (Å²) < 4.78 is 46.0. The first kappa shape index (κ1) is 24.9. The molecule has 9 nitrogen and oxygen atoms in total. The van der Waals surface area contributed by atoms with Gasteiger partial charge in [-0.3, -0.25) is 0 Å². The Morgan fingerprint density at radius 1 is 1.10 bits per heavy atom. The number of hydrogen-bond acceptors (Lipinski definition) is 7. The molecular weight excluding hydrogens is 423 g/mol. The summed E-state index contributed by atoms with van der Waals surface area (Å²) in [6.07, 6.45) is -1.26. The Morgan fingerprint density at radius 3 is 2.20 bits per heavy atom. The molecule has 3 rings (SSSR count). The largest absolute Gasteiger partial charge is 1.00 e. The Kier molecular flexibility index (Phi) is 7.51. The molecule has 2 aliphatic heterocycles. The molecule has 11 heteroatoms. The van der Waals surface area contributed by atoms with Crippen LogP contribution in [0.1, 0.15) is 26.3 Å². The normalized spacial score (nSPS) is 20.3. The predicted octanol–water partition coefficient (Wildman–Crippen LogP) is -1.21. The van der Waals surface area contributed by atoms with Crippen molar-refractivity contribution in [2.75, 3.05) is 26.2 Å². The van der Waals surface area contributed by atoms with E-state index in [0.717, 1.165) is 5.56 Å². The van der Waals surface area contributed by atoms with Crippen LogP contribution in [0, 0.1) is 5.41 Å². The molecule has 1 aromatic carbocycles. The summed E-state index contributed by atoms with van der Waals surface area (Å²) in [6, 6.07) is 9.07. The minimum atomic E-state index is -4.67. The van der Waals surface area contributed by atoms with Crippen LogP contribution in [0.3, 0.4) is 0 Å². The average molecular weight is 448 g/mol. The number of benzene rings is 1. The second-order valence-corrected chi connectivity index (χ2v) is 10.2. The van der Waals surface area contributed by atoms with Crippen LogP contribution in [0.5, 0.6) is 0 Å². The fourth-order valence-electron chi connectivity index (χ4n) is 3.76. The molecule has 1 aromatic rings. The van der Waals surface area contributed by atoms with E-state index in [1.165, 1.54) is 9.80 Å². The summed E-state index contributed by atoms with van der Waals surface area (Å²) in [7, 11) is -4.67. The van der Waals surface area contributed by atoms with Crippen molar-refractivity contribution in [2.24, 2.45) is 5.41 Å². The van der Waals surface area contributed by atoms with Crippen LogP contribution in [0.2, 0.25) is 0 Å². The Bertz CT molecular complexity index is 880. The fraction of sp³-hybridized carbons (Fsp3) is 0.579. The van der Waals surface area contributed by atoms with Crippen molar-refractivity contribution >= 4 is 22.3 Å². The third-order valence-corrected chi connectivity index (χ3v) is 6.40. The molecule has 2 fully saturated rings. The van der Waals surface area contributed by atoms with Crippen LogP contribution in [0.25, 0.3) is 0 Å². The van der Waals surface area contributed by atoms with Gasteiger partial charge >= 0.3 is 41.7 Å². The molecule has 1 unspecified atom stereocenters. The first-order valence-electron chi connectivity index (χ1n) is 9.28. The molecule has 0 bridgehead atoms. The van der Waals surface area contributed by atoms with Gasteiger partial charge in [-0.1, -0.05) is 30.3 Å². The number of rotatable bonds is 3. The van der Waals surface area contributed by atoms with E-state index in [9.17, 15) is 22.6 Å². The van der Waals surface area contributed by atoms with E-state index in [1.54, 1.807) is 32.9 Å². The van der Waals surface area contributed by atoms with Crippen molar-refractivity contribution in [1.29, 1.82) is 0 Å². The number of amides is 2. The van der Waals surface area contributed by atoms with Gasteiger partial charge in [0.05, 0.1) is 5.25 Å². The number of ether oxygens (including phenoxy) is 2. The van der Waals surface area contributed by atoms with E-state index >= 15 is 0 Å². The number of carbonyl (C=O) groups is 2. The maximum absolute atomic E-state index is 12.4. The van der Waals surface area contributed by atoms with Crippen LogP contribution in [-0.4, -0.2) is 72.0 Å². The van der Waals surface area contributed by atoms with Gasteiger partial charge in [0, 0.05) is 31.6 Å². The molecule has 2 saturated heterocycles. The molecule has 2 heterocycles. The third kappa shape index (κ3) is 5.67. The molecule has 0 aromatic heterocycles. The number of hydrogen-bond donors (Lipinski definition) is 0. The van der Waals surface area contributed by atoms with Gasteiger partial charge < -0.3 is 23.8 Å². The van der Waals surface area contributed by atoms with Crippen LogP contribution < -0.4 is 29.6 Å². The zero-order chi connectivity index (χ0) is 21.4. The van der Waals surface area contributed by atoms with E-state index in [-0.39, 0.29) is 62.3 Å². The van der Waals surface area contributed by atoms with Crippen LogP contribution >= 0.6 is 0 Å². The van der Waals surface area contributed by atoms with Crippen molar-refractivity contribution < 1.29 is 61.6 Å². The van der Waals surface area contributed by atoms with Crippen molar-refractivity contribution in [3.05, 3.63) is 35.9 Å². The quantitative estimate of drug-likeness (QED) is 0.421. The summed E-state index contributed by atoms with van der Waals surface area (Å²) in [4.78, 5) is 27.2. The smallest absolute Gasteiger partial charge is 0.748 e. The molecule has 30 heavy (non-hydrogen) atoms. The summed E-state index contributed by atoms with van der Waals surface area (Å²) in [5, 5.41) is -1.29. The molecule has 1 spiro atoms. The van der Waals surface area contributed by atoms with Crippen LogP contribution in [0.4, 0.5) is 9.59 Å². The van der Waals surface area contributed by atoms with E-state index in [2.05, 4.69) is 0 Å². The molecular formula is C19H25N2NaO7S. The number of carbonyl (C=O) groups excluding carboxylic acids is 2. The monoisotopic (exact) mass is 448 g/mol. The minimum Gasteiger partial charge on any atom is -0.748 e. The Labute approximate surface area is 198 Å². The van der Waals surface area contributed by atoms with Gasteiger partial charge in [0.25, 0.3) is 0 Å². The Morgan fingerprint density at radius 2 is 1.67 bits per heavy atom. The summed E-state index contributed by atoms with van der Waals surface area (Å²) in [5.74, 6) is 0. The van der Waals surface area contributed by atoms with Crippen molar-refractivity contribution in [3.8, 4) is 0 Å². The van der Waals surface area contributed by atoms with Crippen molar-refractivity contribution in [2.45, 2.75) is 38.2 Å². The van der Waals surface area contributed by atoms with Crippen LogP contribution in [0.15, 0.2) is 30.3 Å². The van der Waals surface area contributed by atoms with Gasteiger partial charge in [-0.15, -0.1) is 0 Å². The Hall–Kier alpha value is -1.33. The summed E-state index contributed by atoms with van der Waals surface area (Å²) >= 11 is 0. The van der Waals surface area contributed by atoms with Crippen LogP contribution in [-0.2, 0) is 26.2 Å². The first-order chi connectivity index (χ1) is 13.4. The van der Waals surface area contributed by atoms with E-state index in [1.807, 2.05) is 18.2 Å². The van der Waals surface area contributed by atoms with Gasteiger partial charge in [-0.25, -0.2) is 18.0 Å². The average Bonchev–Trinajstić information content (AvgIpc) is 2.99. The number of likely N-dealkylation sites (tertiary alicyclic amines) is 2. The van der Waals surface area contributed by atoms with E-state index < -0.39 is 38.6 Å². The second-order valence-electron chi connectivity index (χ2n) is 8.60. The third-order valence-electron chi connectivity index (χ3n) is 5.05. The zero-order valence-electron chi connectivity index (χ0n) is 17.7. The second kappa shape index (κ2) is 9.04.